The van der Waals surface area contributed by atoms with Crippen molar-refractivity contribution in [2.75, 3.05) is 26.3 Å². The van der Waals surface area contributed by atoms with E-state index in [4.69, 9.17) is 9.47 Å². The maximum absolute atomic E-state index is 12.9. The van der Waals surface area contributed by atoms with E-state index in [0.29, 0.717) is 26.3 Å². The minimum atomic E-state index is -0.0751. The summed E-state index contributed by atoms with van der Waals surface area (Å²) in [5.41, 5.74) is 0. The first-order valence-electron chi connectivity index (χ1n) is 8.78. The monoisotopic (exact) mass is 369 g/mol. The number of nitrogens with zero attached hydrogens (tertiary/aromatic N) is 3. The van der Waals surface area contributed by atoms with Crippen molar-refractivity contribution in [3.8, 4) is 0 Å². The van der Waals surface area contributed by atoms with Crippen LogP contribution in [0.1, 0.15) is 15.7 Å². The van der Waals surface area contributed by atoms with Crippen LogP contribution in [-0.4, -0.2) is 59.1 Å². The first-order chi connectivity index (χ1) is 12.8. The fraction of sp³-hybridized carbons (Fsp3) is 0.368. The van der Waals surface area contributed by atoms with E-state index in [1.807, 2.05) is 52.2 Å². The highest BCUT2D eigenvalue weighted by Gasteiger charge is 2.40. The van der Waals surface area contributed by atoms with Crippen LogP contribution in [0.25, 0.3) is 10.1 Å². The van der Waals surface area contributed by atoms with Crippen molar-refractivity contribution in [1.82, 2.24) is 14.7 Å². The Morgan fingerprint density at radius 3 is 2.58 bits per heavy atom. The lowest BCUT2D eigenvalue weighted by Gasteiger charge is -2.18. The van der Waals surface area contributed by atoms with Crippen LogP contribution in [-0.2, 0) is 9.47 Å². The summed E-state index contributed by atoms with van der Waals surface area (Å²) >= 11 is 1.54. The van der Waals surface area contributed by atoms with Gasteiger partial charge in [-0.05, 0) is 23.6 Å². The molecular formula is C19H19N3O3S. The second kappa shape index (κ2) is 6.50. The number of rotatable bonds is 2. The van der Waals surface area contributed by atoms with Gasteiger partial charge in [-0.15, -0.1) is 11.3 Å². The van der Waals surface area contributed by atoms with Crippen LogP contribution < -0.4 is 0 Å². The number of carbonyl (C=O) groups is 1. The SMILES string of the molecule is O=C(c1cc2ccccc2s1)N1C[C@@H]2OCC(n3cccn3)CO[C@H]2C1. The van der Waals surface area contributed by atoms with Gasteiger partial charge < -0.3 is 14.4 Å². The Balaban J connectivity index is 1.28. The molecule has 5 rings (SSSR count). The lowest BCUT2D eigenvalue weighted by atomic mass is 10.2. The van der Waals surface area contributed by atoms with Gasteiger partial charge in [0.2, 0.25) is 0 Å². The van der Waals surface area contributed by atoms with E-state index in [2.05, 4.69) is 5.10 Å². The summed E-state index contributed by atoms with van der Waals surface area (Å²) in [6, 6.07) is 12.0. The van der Waals surface area contributed by atoms with Crippen LogP contribution in [0.5, 0.6) is 0 Å². The van der Waals surface area contributed by atoms with Crippen molar-refractivity contribution in [3.05, 3.63) is 53.7 Å². The van der Waals surface area contributed by atoms with E-state index in [1.165, 1.54) is 0 Å². The van der Waals surface area contributed by atoms with Crippen LogP contribution in [0.15, 0.2) is 48.8 Å². The third kappa shape index (κ3) is 2.82. The molecule has 0 unspecified atom stereocenters. The van der Waals surface area contributed by atoms with E-state index in [-0.39, 0.29) is 24.2 Å². The smallest absolute Gasteiger partial charge is 0.264 e. The van der Waals surface area contributed by atoms with Gasteiger partial charge in [0.15, 0.2) is 0 Å². The summed E-state index contributed by atoms with van der Waals surface area (Å²) in [6.07, 6.45) is 3.54. The van der Waals surface area contributed by atoms with Gasteiger partial charge in [0.25, 0.3) is 5.91 Å². The Hall–Kier alpha value is -2.22. The predicted molar refractivity (Wildman–Crippen MR) is 98.5 cm³/mol. The van der Waals surface area contributed by atoms with Crippen molar-refractivity contribution < 1.29 is 14.3 Å². The molecule has 0 aliphatic carbocycles. The number of carbonyl (C=O) groups excluding carboxylic acids is 1. The molecule has 1 aromatic carbocycles. The summed E-state index contributed by atoms with van der Waals surface area (Å²) in [7, 11) is 0. The van der Waals surface area contributed by atoms with E-state index in [0.717, 1.165) is 15.0 Å². The van der Waals surface area contributed by atoms with E-state index >= 15 is 0 Å². The number of aromatic nitrogens is 2. The zero-order valence-electron chi connectivity index (χ0n) is 14.2. The number of hydrogen-bond acceptors (Lipinski definition) is 5. The fourth-order valence-corrected chi connectivity index (χ4v) is 4.67. The highest BCUT2D eigenvalue weighted by atomic mass is 32.1. The first kappa shape index (κ1) is 16.0. The molecule has 0 radical (unpaired) electrons. The normalized spacial score (nSPS) is 23.9. The molecule has 134 valence electrons. The standard InChI is InChI=1S/C19H19N3O3S/c23-19(18-8-13-4-1-2-5-17(13)26-18)21-9-15-16(10-21)25-12-14(11-24-15)22-7-3-6-20-22/h1-8,14-16H,9-12H2/t15-,16-/m0/s1. The van der Waals surface area contributed by atoms with Crippen molar-refractivity contribution in [2.45, 2.75) is 18.2 Å². The van der Waals surface area contributed by atoms with Crippen molar-refractivity contribution >= 4 is 27.3 Å². The zero-order valence-corrected chi connectivity index (χ0v) is 15.0. The molecule has 3 aromatic rings. The second-order valence-corrected chi connectivity index (χ2v) is 7.83. The zero-order chi connectivity index (χ0) is 17.5. The van der Waals surface area contributed by atoms with Gasteiger partial charge in [0.1, 0.15) is 12.2 Å². The number of ether oxygens (including phenoxy) is 2. The molecule has 2 aliphatic heterocycles. The largest absolute Gasteiger partial charge is 0.371 e. The van der Waals surface area contributed by atoms with Gasteiger partial charge in [-0.25, -0.2) is 0 Å². The molecule has 2 atom stereocenters. The van der Waals surface area contributed by atoms with Gasteiger partial charge in [0, 0.05) is 30.2 Å². The van der Waals surface area contributed by atoms with Crippen LogP contribution in [0.2, 0.25) is 0 Å². The van der Waals surface area contributed by atoms with Crippen LogP contribution in [0.3, 0.4) is 0 Å². The topological polar surface area (TPSA) is 56.6 Å². The van der Waals surface area contributed by atoms with Gasteiger partial charge >= 0.3 is 0 Å². The van der Waals surface area contributed by atoms with Crippen LogP contribution in [0.4, 0.5) is 0 Å². The Morgan fingerprint density at radius 2 is 1.88 bits per heavy atom. The van der Waals surface area contributed by atoms with Crippen molar-refractivity contribution in [2.24, 2.45) is 0 Å². The minimum Gasteiger partial charge on any atom is -0.371 e. The Bertz CT molecular complexity index is 874. The molecule has 2 saturated heterocycles. The Morgan fingerprint density at radius 1 is 1.12 bits per heavy atom. The van der Waals surface area contributed by atoms with E-state index < -0.39 is 0 Å². The molecule has 6 nitrogen and oxygen atoms in total. The van der Waals surface area contributed by atoms with Gasteiger partial charge in [0.05, 0.1) is 24.1 Å². The molecule has 0 N–H and O–H groups in total. The molecule has 7 heteroatoms. The number of thiophene rings is 1. The summed E-state index contributed by atoms with van der Waals surface area (Å²) in [6.45, 7) is 2.24. The van der Waals surface area contributed by atoms with Gasteiger partial charge in [-0.2, -0.15) is 5.10 Å². The average molecular weight is 369 g/mol. The third-order valence-corrected chi connectivity index (χ3v) is 6.15. The number of fused-ring (bicyclic) bond motifs is 2. The molecule has 2 fully saturated rings. The third-order valence-electron chi connectivity index (χ3n) is 5.04. The summed E-state index contributed by atoms with van der Waals surface area (Å²) in [5.74, 6) is 0.0649. The molecule has 2 aromatic heterocycles. The number of amides is 1. The Kier molecular flexibility index (Phi) is 4.00. The molecular weight excluding hydrogens is 350 g/mol. The lowest BCUT2D eigenvalue weighted by molar-refractivity contribution is -0.00461. The molecule has 0 bridgehead atoms. The predicted octanol–water partition coefficient (Wildman–Crippen LogP) is 2.58. The maximum atomic E-state index is 12.9. The quantitative estimate of drug-likeness (QED) is 0.697. The molecule has 0 spiro atoms. The van der Waals surface area contributed by atoms with Crippen molar-refractivity contribution in [3.63, 3.8) is 0 Å². The molecule has 1 amide bonds. The minimum absolute atomic E-state index is 0.0649. The first-order valence-corrected chi connectivity index (χ1v) is 9.60. The van der Waals surface area contributed by atoms with E-state index in [1.54, 1.807) is 17.5 Å². The maximum Gasteiger partial charge on any atom is 0.264 e. The fourth-order valence-electron chi connectivity index (χ4n) is 3.64. The summed E-state index contributed by atoms with van der Waals surface area (Å²) in [5, 5.41) is 5.39. The Labute approximate surface area is 154 Å². The molecule has 26 heavy (non-hydrogen) atoms. The van der Waals surface area contributed by atoms with Gasteiger partial charge in [-0.3, -0.25) is 9.48 Å². The number of likely N-dealkylation sites (tertiary alicyclic amines) is 1. The van der Waals surface area contributed by atoms with Crippen molar-refractivity contribution in [1.29, 1.82) is 0 Å². The average Bonchev–Trinajstić information content (AvgIpc) is 3.39. The summed E-state index contributed by atoms with van der Waals surface area (Å²) < 4.78 is 15.1. The van der Waals surface area contributed by atoms with Crippen LogP contribution in [0, 0.1) is 0 Å². The second-order valence-electron chi connectivity index (χ2n) is 6.74. The van der Waals surface area contributed by atoms with E-state index in [9.17, 15) is 4.79 Å². The molecule has 4 heterocycles. The number of benzene rings is 1. The number of hydrogen-bond donors (Lipinski definition) is 0. The molecule has 0 saturated carbocycles. The molecule has 2 aliphatic rings. The lowest BCUT2D eigenvalue weighted by Crippen LogP contribution is -2.30. The highest BCUT2D eigenvalue weighted by molar-refractivity contribution is 7.20. The van der Waals surface area contributed by atoms with Gasteiger partial charge in [-0.1, -0.05) is 18.2 Å². The highest BCUT2D eigenvalue weighted by Crippen LogP contribution is 2.29. The summed E-state index contributed by atoms with van der Waals surface area (Å²) in [4.78, 5) is 15.5. The van der Waals surface area contributed by atoms with Crippen LogP contribution >= 0.6 is 11.3 Å².